The Morgan fingerprint density at radius 3 is 2.53 bits per heavy atom. The highest BCUT2D eigenvalue weighted by atomic mass is 16.5. The number of anilines is 1. The number of hydrogen-bond donors (Lipinski definition) is 1. The summed E-state index contributed by atoms with van der Waals surface area (Å²) >= 11 is 0. The molecule has 0 aliphatic heterocycles. The third-order valence-corrected chi connectivity index (χ3v) is 2.36. The summed E-state index contributed by atoms with van der Waals surface area (Å²) < 4.78 is 5.09. The summed E-state index contributed by atoms with van der Waals surface area (Å²) in [5.74, 6) is 1.26. The van der Waals surface area contributed by atoms with E-state index in [9.17, 15) is 0 Å². The van der Waals surface area contributed by atoms with Crippen LogP contribution < -0.4 is 10.1 Å². The van der Waals surface area contributed by atoms with Crippen molar-refractivity contribution in [1.29, 1.82) is 0 Å². The van der Waals surface area contributed by atoms with Gasteiger partial charge in [0, 0.05) is 17.8 Å². The second-order valence-corrected chi connectivity index (χ2v) is 3.53. The van der Waals surface area contributed by atoms with E-state index in [1.807, 2.05) is 13.0 Å². The average molecular weight is 209 g/mol. The third-order valence-electron chi connectivity index (χ3n) is 2.36. The molecule has 0 saturated heterocycles. The Labute approximate surface area is 91.1 Å². The van der Waals surface area contributed by atoms with Gasteiger partial charge in [-0.25, -0.2) is 4.98 Å². The van der Waals surface area contributed by atoms with Gasteiger partial charge in [0.05, 0.1) is 7.11 Å². The van der Waals surface area contributed by atoms with Gasteiger partial charge in [-0.2, -0.15) is 4.98 Å². The molecule has 0 aromatic carbocycles. The quantitative estimate of drug-likeness (QED) is 0.809. The first-order valence-electron chi connectivity index (χ1n) is 5.35. The molecule has 0 fully saturated rings. The molecular weight excluding hydrogens is 190 g/mol. The first-order chi connectivity index (χ1) is 7.19. The molecule has 1 N–H and O–H groups in total. The van der Waals surface area contributed by atoms with Crippen LogP contribution in [0.4, 0.5) is 5.95 Å². The minimum atomic E-state index is 0.427. The van der Waals surface area contributed by atoms with Gasteiger partial charge in [0.25, 0.3) is 0 Å². The lowest BCUT2D eigenvalue weighted by Crippen LogP contribution is -2.19. The molecule has 4 nitrogen and oxygen atoms in total. The lowest BCUT2D eigenvalue weighted by atomic mass is 10.2. The van der Waals surface area contributed by atoms with Gasteiger partial charge in [0.15, 0.2) is 0 Å². The molecule has 0 bridgehead atoms. The molecule has 0 aliphatic carbocycles. The highest BCUT2D eigenvalue weighted by molar-refractivity contribution is 5.31. The first-order valence-corrected chi connectivity index (χ1v) is 5.35. The minimum absolute atomic E-state index is 0.427. The smallest absolute Gasteiger partial charge is 0.226 e. The van der Waals surface area contributed by atoms with E-state index >= 15 is 0 Å². The predicted octanol–water partition coefficient (Wildman–Crippen LogP) is 2.39. The van der Waals surface area contributed by atoms with E-state index in [4.69, 9.17) is 4.74 Å². The zero-order valence-corrected chi connectivity index (χ0v) is 9.87. The Balaban J connectivity index is 2.79. The Hall–Kier alpha value is -1.32. The molecular formula is C11H19N3O. The van der Waals surface area contributed by atoms with Crippen molar-refractivity contribution in [2.45, 2.75) is 39.7 Å². The van der Waals surface area contributed by atoms with E-state index in [-0.39, 0.29) is 0 Å². The van der Waals surface area contributed by atoms with Crippen molar-refractivity contribution in [3.05, 3.63) is 11.8 Å². The van der Waals surface area contributed by atoms with E-state index in [2.05, 4.69) is 29.1 Å². The molecule has 1 aromatic heterocycles. The Kier molecular flexibility index (Phi) is 4.34. The molecule has 0 saturated carbocycles. The second-order valence-electron chi connectivity index (χ2n) is 3.53. The molecule has 15 heavy (non-hydrogen) atoms. The number of ether oxygens (including phenoxy) is 1. The molecule has 0 unspecified atom stereocenters. The van der Waals surface area contributed by atoms with Crippen LogP contribution in [0.3, 0.4) is 0 Å². The second kappa shape index (κ2) is 5.53. The number of nitrogens with zero attached hydrogens (tertiary/aromatic N) is 2. The topological polar surface area (TPSA) is 47.0 Å². The van der Waals surface area contributed by atoms with Crippen molar-refractivity contribution in [3.8, 4) is 5.88 Å². The molecule has 0 atom stereocenters. The van der Waals surface area contributed by atoms with Gasteiger partial charge in [-0.1, -0.05) is 13.8 Å². The van der Waals surface area contributed by atoms with Crippen LogP contribution in [-0.2, 0) is 0 Å². The van der Waals surface area contributed by atoms with Gasteiger partial charge in [0.2, 0.25) is 11.8 Å². The van der Waals surface area contributed by atoms with E-state index in [0.29, 0.717) is 17.9 Å². The van der Waals surface area contributed by atoms with Crippen molar-refractivity contribution in [1.82, 2.24) is 9.97 Å². The van der Waals surface area contributed by atoms with Gasteiger partial charge >= 0.3 is 0 Å². The Bertz CT molecular complexity index is 311. The van der Waals surface area contributed by atoms with Crippen LogP contribution in [0.25, 0.3) is 0 Å². The number of rotatable bonds is 5. The van der Waals surface area contributed by atoms with Crippen molar-refractivity contribution in [2.75, 3.05) is 12.4 Å². The number of aryl methyl sites for hydroxylation is 1. The fraction of sp³-hybridized carbons (Fsp3) is 0.636. The number of hydrogen-bond acceptors (Lipinski definition) is 4. The number of methoxy groups -OCH3 is 1. The minimum Gasteiger partial charge on any atom is -0.481 e. The lowest BCUT2D eigenvalue weighted by molar-refractivity contribution is 0.396. The fourth-order valence-electron chi connectivity index (χ4n) is 1.38. The van der Waals surface area contributed by atoms with Gasteiger partial charge in [-0.15, -0.1) is 0 Å². The molecule has 1 heterocycles. The highest BCUT2D eigenvalue weighted by Crippen LogP contribution is 2.13. The number of aromatic nitrogens is 2. The highest BCUT2D eigenvalue weighted by Gasteiger charge is 2.07. The van der Waals surface area contributed by atoms with Crippen molar-refractivity contribution < 1.29 is 4.74 Å². The summed E-state index contributed by atoms with van der Waals surface area (Å²) in [5.41, 5.74) is 0.912. The normalized spacial score (nSPS) is 10.5. The summed E-state index contributed by atoms with van der Waals surface area (Å²) in [7, 11) is 1.61. The SMILES string of the molecule is CCC(CC)Nc1nc(C)cc(OC)n1. The molecule has 0 amide bonds. The van der Waals surface area contributed by atoms with E-state index in [1.165, 1.54) is 0 Å². The summed E-state index contributed by atoms with van der Waals surface area (Å²) in [5, 5.41) is 3.29. The van der Waals surface area contributed by atoms with E-state index in [0.717, 1.165) is 18.5 Å². The standard InChI is InChI=1S/C11H19N3O/c1-5-9(6-2)13-11-12-8(3)7-10(14-11)15-4/h7,9H,5-6H2,1-4H3,(H,12,13,14). The summed E-state index contributed by atoms with van der Waals surface area (Å²) in [6.45, 7) is 6.23. The van der Waals surface area contributed by atoms with Crippen LogP contribution in [0, 0.1) is 6.92 Å². The van der Waals surface area contributed by atoms with Crippen molar-refractivity contribution in [2.24, 2.45) is 0 Å². The van der Waals surface area contributed by atoms with Crippen molar-refractivity contribution in [3.63, 3.8) is 0 Å². The Morgan fingerprint density at radius 1 is 1.33 bits per heavy atom. The van der Waals surface area contributed by atoms with Crippen LogP contribution in [0.2, 0.25) is 0 Å². The van der Waals surface area contributed by atoms with Gasteiger partial charge < -0.3 is 10.1 Å². The number of nitrogens with one attached hydrogen (secondary N) is 1. The average Bonchev–Trinajstić information content (AvgIpc) is 2.25. The van der Waals surface area contributed by atoms with Gasteiger partial charge in [-0.3, -0.25) is 0 Å². The van der Waals surface area contributed by atoms with E-state index in [1.54, 1.807) is 7.11 Å². The molecule has 0 radical (unpaired) electrons. The van der Waals surface area contributed by atoms with Crippen LogP contribution in [-0.4, -0.2) is 23.1 Å². The monoisotopic (exact) mass is 209 g/mol. The fourth-order valence-corrected chi connectivity index (χ4v) is 1.38. The van der Waals surface area contributed by atoms with Crippen molar-refractivity contribution >= 4 is 5.95 Å². The molecule has 0 spiro atoms. The Morgan fingerprint density at radius 2 is 2.00 bits per heavy atom. The van der Waals surface area contributed by atoms with Gasteiger partial charge in [0.1, 0.15) is 0 Å². The van der Waals surface area contributed by atoms with Crippen LogP contribution in [0.5, 0.6) is 5.88 Å². The maximum Gasteiger partial charge on any atom is 0.226 e. The maximum atomic E-state index is 5.09. The molecule has 1 rings (SSSR count). The van der Waals surface area contributed by atoms with Crippen LogP contribution in [0.1, 0.15) is 32.4 Å². The van der Waals surface area contributed by atoms with Crippen LogP contribution >= 0.6 is 0 Å². The van der Waals surface area contributed by atoms with Crippen LogP contribution in [0.15, 0.2) is 6.07 Å². The van der Waals surface area contributed by atoms with Gasteiger partial charge in [-0.05, 0) is 19.8 Å². The molecule has 1 aromatic rings. The zero-order chi connectivity index (χ0) is 11.3. The molecule has 4 heteroatoms. The lowest BCUT2D eigenvalue weighted by Gasteiger charge is -2.15. The first kappa shape index (κ1) is 11.8. The zero-order valence-electron chi connectivity index (χ0n) is 9.87. The summed E-state index contributed by atoms with van der Waals surface area (Å²) in [6, 6.07) is 2.24. The predicted molar refractivity (Wildman–Crippen MR) is 61.3 cm³/mol. The third kappa shape index (κ3) is 3.38. The maximum absolute atomic E-state index is 5.09. The molecule has 0 aliphatic rings. The summed E-state index contributed by atoms with van der Waals surface area (Å²) in [4.78, 5) is 8.56. The summed E-state index contributed by atoms with van der Waals surface area (Å²) in [6.07, 6.45) is 2.13. The molecule has 84 valence electrons. The van der Waals surface area contributed by atoms with E-state index < -0.39 is 0 Å². The largest absolute Gasteiger partial charge is 0.481 e.